The molecular formula is C17H17N5O. The number of imidazole rings is 1. The second-order valence-corrected chi connectivity index (χ2v) is 5.89. The molecule has 1 atom stereocenters. The molecule has 0 saturated carbocycles. The van der Waals surface area contributed by atoms with Gasteiger partial charge in [-0.25, -0.2) is 9.97 Å². The zero-order chi connectivity index (χ0) is 16.0. The van der Waals surface area contributed by atoms with Gasteiger partial charge in [-0.05, 0) is 25.5 Å². The third-order valence-electron chi connectivity index (χ3n) is 4.31. The molecule has 3 aromatic heterocycles. The van der Waals surface area contributed by atoms with Crippen molar-refractivity contribution < 1.29 is 4.79 Å². The lowest BCUT2D eigenvalue weighted by Gasteiger charge is -2.22. The number of carbonyl (C=O) groups excluding carboxylic acids is 1. The van der Waals surface area contributed by atoms with Gasteiger partial charge in [0.2, 0.25) is 0 Å². The largest absolute Gasteiger partial charge is 0.364 e. The number of H-pyrrole nitrogens is 1. The third-order valence-corrected chi connectivity index (χ3v) is 4.31. The van der Waals surface area contributed by atoms with E-state index in [1.807, 2.05) is 25.3 Å². The van der Waals surface area contributed by atoms with Crippen molar-refractivity contribution in [2.75, 3.05) is 5.32 Å². The maximum atomic E-state index is 12.7. The van der Waals surface area contributed by atoms with Crippen LogP contribution in [-0.2, 0) is 6.42 Å². The van der Waals surface area contributed by atoms with Gasteiger partial charge >= 0.3 is 0 Å². The van der Waals surface area contributed by atoms with Crippen molar-refractivity contribution in [3.05, 3.63) is 53.7 Å². The van der Waals surface area contributed by atoms with Crippen molar-refractivity contribution in [2.24, 2.45) is 0 Å². The highest BCUT2D eigenvalue weighted by Gasteiger charge is 2.28. The number of fused-ring (bicyclic) bond motifs is 3. The Labute approximate surface area is 133 Å². The molecule has 0 saturated heterocycles. The molecule has 0 fully saturated rings. The molecule has 1 aliphatic heterocycles. The van der Waals surface area contributed by atoms with Crippen molar-refractivity contribution in [3.63, 3.8) is 0 Å². The van der Waals surface area contributed by atoms with Crippen molar-refractivity contribution in [1.82, 2.24) is 19.5 Å². The van der Waals surface area contributed by atoms with Crippen LogP contribution >= 0.6 is 0 Å². The van der Waals surface area contributed by atoms with Gasteiger partial charge in [-0.3, -0.25) is 4.79 Å². The summed E-state index contributed by atoms with van der Waals surface area (Å²) in [5, 5.41) is 2.89. The zero-order valence-corrected chi connectivity index (χ0v) is 13.0. The van der Waals surface area contributed by atoms with Gasteiger partial charge in [0.1, 0.15) is 11.6 Å². The highest BCUT2D eigenvalue weighted by Crippen LogP contribution is 2.35. The minimum atomic E-state index is -0.173. The number of amides is 1. The summed E-state index contributed by atoms with van der Waals surface area (Å²) in [6.45, 7) is 4.07. The van der Waals surface area contributed by atoms with Crippen molar-refractivity contribution in [1.29, 1.82) is 0 Å². The Morgan fingerprint density at radius 3 is 3.09 bits per heavy atom. The Morgan fingerprint density at radius 2 is 2.26 bits per heavy atom. The zero-order valence-electron chi connectivity index (χ0n) is 13.0. The van der Waals surface area contributed by atoms with Crippen molar-refractivity contribution in [3.8, 4) is 11.4 Å². The maximum Gasteiger partial charge on any atom is 0.259 e. The highest BCUT2D eigenvalue weighted by atomic mass is 16.1. The number of rotatable bonds is 2. The lowest BCUT2D eigenvalue weighted by Crippen LogP contribution is -2.18. The summed E-state index contributed by atoms with van der Waals surface area (Å²) in [4.78, 5) is 24.6. The molecule has 2 N–H and O–H groups in total. The first-order chi connectivity index (χ1) is 11.1. The minimum Gasteiger partial charge on any atom is -0.364 e. The number of anilines is 1. The SMILES string of the molecule is Cc1cccnc1NC(=O)c1c[nH]c2c1-c1nccn1[C@H](C)C2. The van der Waals surface area contributed by atoms with Crippen LogP contribution in [-0.4, -0.2) is 25.4 Å². The predicted molar refractivity (Wildman–Crippen MR) is 87.4 cm³/mol. The smallest absolute Gasteiger partial charge is 0.259 e. The Morgan fingerprint density at radius 1 is 1.39 bits per heavy atom. The minimum absolute atomic E-state index is 0.173. The summed E-state index contributed by atoms with van der Waals surface area (Å²) < 4.78 is 2.11. The van der Waals surface area contributed by atoms with Gasteiger partial charge in [0.15, 0.2) is 0 Å². The fourth-order valence-corrected chi connectivity index (χ4v) is 3.11. The fourth-order valence-electron chi connectivity index (χ4n) is 3.11. The van der Waals surface area contributed by atoms with Crippen LogP contribution in [0.1, 0.15) is 34.6 Å². The summed E-state index contributed by atoms with van der Waals surface area (Å²) in [6.07, 6.45) is 8.02. The maximum absolute atomic E-state index is 12.7. The number of aryl methyl sites for hydroxylation is 1. The van der Waals surface area contributed by atoms with E-state index in [0.29, 0.717) is 17.4 Å². The molecule has 1 amide bonds. The first-order valence-corrected chi connectivity index (χ1v) is 7.61. The molecule has 3 aromatic rings. The van der Waals surface area contributed by atoms with Gasteiger partial charge in [-0.2, -0.15) is 0 Å². The Balaban J connectivity index is 1.73. The second-order valence-electron chi connectivity index (χ2n) is 5.89. The lowest BCUT2D eigenvalue weighted by atomic mass is 10.0. The van der Waals surface area contributed by atoms with E-state index in [-0.39, 0.29) is 5.91 Å². The Bertz CT molecular complexity index is 892. The quantitative estimate of drug-likeness (QED) is 0.764. The molecular weight excluding hydrogens is 290 g/mol. The number of carbonyl (C=O) groups is 1. The van der Waals surface area contributed by atoms with E-state index < -0.39 is 0 Å². The molecule has 6 heteroatoms. The summed E-state index contributed by atoms with van der Waals surface area (Å²) in [7, 11) is 0. The van der Waals surface area contributed by atoms with Gasteiger partial charge in [0.05, 0.1) is 11.1 Å². The molecule has 0 aliphatic carbocycles. The number of nitrogens with one attached hydrogen (secondary N) is 2. The molecule has 0 bridgehead atoms. The van der Waals surface area contributed by atoms with Crippen LogP contribution in [0.2, 0.25) is 0 Å². The van der Waals surface area contributed by atoms with Crippen LogP contribution in [0, 0.1) is 6.92 Å². The predicted octanol–water partition coefficient (Wildman–Crippen LogP) is 2.95. The van der Waals surface area contributed by atoms with Crippen LogP contribution in [0.4, 0.5) is 5.82 Å². The van der Waals surface area contributed by atoms with Crippen LogP contribution in [0.3, 0.4) is 0 Å². The molecule has 4 rings (SSSR count). The number of aromatic amines is 1. The van der Waals surface area contributed by atoms with Crippen molar-refractivity contribution >= 4 is 11.7 Å². The number of hydrogen-bond donors (Lipinski definition) is 2. The Kier molecular flexibility index (Phi) is 3.04. The molecule has 0 aromatic carbocycles. The van der Waals surface area contributed by atoms with E-state index in [1.54, 1.807) is 18.6 Å². The average Bonchev–Trinajstić information content (AvgIpc) is 3.15. The number of aromatic nitrogens is 4. The van der Waals surface area contributed by atoms with Crippen molar-refractivity contribution in [2.45, 2.75) is 26.3 Å². The summed E-state index contributed by atoms with van der Waals surface area (Å²) >= 11 is 0. The normalized spacial score (nSPS) is 15.8. The Hall–Kier alpha value is -2.89. The molecule has 116 valence electrons. The number of nitrogens with zero attached hydrogens (tertiary/aromatic N) is 3. The topological polar surface area (TPSA) is 75.6 Å². The van der Waals surface area contributed by atoms with E-state index >= 15 is 0 Å². The van der Waals surface area contributed by atoms with E-state index in [4.69, 9.17) is 0 Å². The highest BCUT2D eigenvalue weighted by molar-refractivity contribution is 6.08. The van der Waals surface area contributed by atoms with Crippen LogP contribution in [0.15, 0.2) is 36.9 Å². The monoisotopic (exact) mass is 307 g/mol. The van der Waals surface area contributed by atoms with Crippen LogP contribution in [0.25, 0.3) is 11.4 Å². The molecule has 23 heavy (non-hydrogen) atoms. The van der Waals surface area contributed by atoms with Gasteiger partial charge in [-0.1, -0.05) is 6.07 Å². The van der Waals surface area contributed by atoms with Gasteiger partial charge in [0, 0.05) is 42.9 Å². The number of pyridine rings is 1. The molecule has 4 heterocycles. The van der Waals surface area contributed by atoms with Gasteiger partial charge in [0.25, 0.3) is 5.91 Å². The number of hydrogen-bond acceptors (Lipinski definition) is 3. The molecule has 0 spiro atoms. The van der Waals surface area contributed by atoms with Crippen LogP contribution < -0.4 is 5.32 Å². The lowest BCUT2D eigenvalue weighted by molar-refractivity contribution is 0.102. The van der Waals surface area contributed by atoms with E-state index in [2.05, 4.69) is 31.8 Å². The van der Waals surface area contributed by atoms with E-state index in [9.17, 15) is 4.79 Å². The molecule has 0 radical (unpaired) electrons. The molecule has 1 aliphatic rings. The molecule has 0 unspecified atom stereocenters. The van der Waals surface area contributed by atoms with Crippen LogP contribution in [0.5, 0.6) is 0 Å². The summed E-state index contributed by atoms with van der Waals surface area (Å²) in [5.74, 6) is 1.25. The van der Waals surface area contributed by atoms with Gasteiger partial charge < -0.3 is 14.9 Å². The standard InChI is InChI=1S/C17H17N5O/c1-10-4-3-5-18-15(10)21-17(23)12-9-20-13-8-11(2)22-7-6-19-16(22)14(12)13/h3-7,9,11,20H,8H2,1-2H3,(H,18,21,23)/t11-/m1/s1. The first-order valence-electron chi connectivity index (χ1n) is 7.61. The van der Waals surface area contributed by atoms with E-state index in [0.717, 1.165) is 29.1 Å². The van der Waals surface area contributed by atoms with E-state index in [1.165, 1.54) is 0 Å². The van der Waals surface area contributed by atoms with Gasteiger partial charge in [-0.15, -0.1) is 0 Å². The third kappa shape index (κ3) is 2.14. The molecule has 6 nitrogen and oxygen atoms in total. The second kappa shape index (κ2) is 5.08. The first kappa shape index (κ1) is 13.8. The fraction of sp³-hybridized carbons (Fsp3) is 0.235. The summed E-state index contributed by atoms with van der Waals surface area (Å²) in [6, 6.07) is 4.10. The summed E-state index contributed by atoms with van der Waals surface area (Å²) in [5.41, 5.74) is 3.48. The average molecular weight is 307 g/mol.